The van der Waals surface area contributed by atoms with Crippen molar-refractivity contribution < 1.29 is 33.4 Å². The van der Waals surface area contributed by atoms with Crippen molar-refractivity contribution in [1.29, 1.82) is 0 Å². The summed E-state index contributed by atoms with van der Waals surface area (Å²) in [4.78, 5) is 72.3. The van der Waals surface area contributed by atoms with Gasteiger partial charge >= 0.3 is 12.2 Å². The number of amides is 4. The van der Waals surface area contributed by atoms with Gasteiger partial charge in [0.25, 0.3) is 0 Å². The van der Waals surface area contributed by atoms with Crippen LogP contribution >= 0.6 is 0 Å². The number of nitrogens with one attached hydrogen (secondary N) is 4. The number of methoxy groups -OCH3 is 3. The molecule has 306 valence electrons. The molecule has 4 bridgehead atoms. The molecular weight excluding hydrogens is 741 g/mol. The third kappa shape index (κ3) is 7.20. The summed E-state index contributed by atoms with van der Waals surface area (Å²) in [5.74, 6) is 1.80. The monoisotopic (exact) mass is 792 g/mol. The molecule has 58 heavy (non-hydrogen) atoms. The van der Waals surface area contributed by atoms with Crippen molar-refractivity contribution in [3.05, 3.63) is 72.6 Å². The van der Waals surface area contributed by atoms with E-state index in [4.69, 9.17) is 24.2 Å². The minimum Gasteiger partial charge on any atom is -0.453 e. The molecule has 4 amide bonds. The van der Waals surface area contributed by atoms with Gasteiger partial charge < -0.3 is 44.6 Å². The number of aromatic nitrogens is 4. The Morgan fingerprint density at radius 1 is 0.690 bits per heavy atom. The van der Waals surface area contributed by atoms with E-state index >= 15 is 0 Å². The first-order chi connectivity index (χ1) is 28.1. The van der Waals surface area contributed by atoms with E-state index < -0.39 is 30.4 Å². The van der Waals surface area contributed by atoms with Crippen LogP contribution in [0.2, 0.25) is 0 Å². The van der Waals surface area contributed by atoms with Crippen LogP contribution in [0.5, 0.6) is 0 Å². The van der Waals surface area contributed by atoms with Gasteiger partial charge in [0.2, 0.25) is 11.8 Å². The number of benzene rings is 2. The molecule has 4 aromatic rings. The maximum atomic E-state index is 14.0. The fourth-order valence-electron chi connectivity index (χ4n) is 9.85. The molecule has 0 unspecified atom stereocenters. The number of hydrogen-bond acceptors (Lipinski definition) is 9. The van der Waals surface area contributed by atoms with E-state index in [0.29, 0.717) is 12.3 Å². The molecule has 2 aromatic heterocycles. The van der Waals surface area contributed by atoms with Crippen LogP contribution in [0.25, 0.3) is 33.6 Å². The smallest absolute Gasteiger partial charge is 0.407 e. The van der Waals surface area contributed by atoms with Crippen molar-refractivity contribution in [2.75, 3.05) is 21.3 Å². The van der Waals surface area contributed by atoms with Crippen LogP contribution in [0, 0.1) is 11.8 Å². The molecule has 15 nitrogen and oxygen atoms in total. The average Bonchev–Trinajstić information content (AvgIpc) is 4.13. The lowest BCUT2D eigenvalue weighted by atomic mass is 9.97. The van der Waals surface area contributed by atoms with Crippen molar-refractivity contribution >= 4 is 24.0 Å². The average molecular weight is 793 g/mol. The number of aromatic amines is 2. The first-order valence-corrected chi connectivity index (χ1v) is 20.3. The molecule has 9 atom stereocenters. The van der Waals surface area contributed by atoms with Gasteiger partial charge in [-0.05, 0) is 86.0 Å². The zero-order valence-corrected chi connectivity index (χ0v) is 33.6. The van der Waals surface area contributed by atoms with Crippen molar-refractivity contribution in [2.45, 2.75) is 101 Å². The number of rotatable bonds is 12. The Balaban J connectivity index is 0.950. The van der Waals surface area contributed by atoms with Gasteiger partial charge in [0.15, 0.2) is 0 Å². The summed E-state index contributed by atoms with van der Waals surface area (Å²) in [5, 5.41) is 5.39. The highest BCUT2D eigenvalue weighted by Gasteiger charge is 2.53. The maximum absolute atomic E-state index is 14.0. The standard InChI is InChI=1S/C43H52N8O7/c1-6-32(48-42(54)57-4)40(52)50-30-17-15-28(19-30)36(50)38-44-21-33(46-38)26-11-7-24(8-12-26)25-9-13-27(14-10-25)34-22-45-39(47-34)37-29-16-18-31(20-29)51(37)41(53)35(23(2)56-3)49-43(55)58-5/h7-14,21-23,28-32,35-37H,6,15-20H2,1-5H3,(H,44,46)(H,45,47)(H,48,54)(H,49,55)/t23-,28+,29+,30-,31-,32+,35+,36+,37+/m1/s1. The van der Waals surface area contributed by atoms with E-state index in [9.17, 15) is 19.2 Å². The Hall–Kier alpha value is -5.70. The van der Waals surface area contributed by atoms with Crippen LogP contribution in [0.15, 0.2) is 60.9 Å². The van der Waals surface area contributed by atoms with E-state index in [2.05, 4.69) is 69.1 Å². The molecule has 4 N–H and O–H groups in total. The molecule has 0 radical (unpaired) electrons. The van der Waals surface area contributed by atoms with Crippen LogP contribution in [0.4, 0.5) is 9.59 Å². The van der Waals surface area contributed by atoms with Crippen LogP contribution in [0.1, 0.15) is 82.5 Å². The van der Waals surface area contributed by atoms with Gasteiger partial charge in [-0.15, -0.1) is 0 Å². The number of H-pyrrole nitrogens is 2. The summed E-state index contributed by atoms with van der Waals surface area (Å²) in [6, 6.07) is 14.9. The molecule has 15 heteroatoms. The number of fused-ring (bicyclic) bond motifs is 4. The summed E-state index contributed by atoms with van der Waals surface area (Å²) in [6.07, 6.45) is 8.04. The lowest BCUT2D eigenvalue weighted by molar-refractivity contribution is -0.141. The van der Waals surface area contributed by atoms with Crippen LogP contribution in [-0.4, -0.2) is 105 Å². The summed E-state index contributed by atoms with van der Waals surface area (Å²) in [7, 11) is 4.09. The Bertz CT molecular complexity index is 2130. The Labute approximate surface area is 337 Å². The Morgan fingerprint density at radius 2 is 1.14 bits per heavy atom. The quantitative estimate of drug-likeness (QED) is 0.131. The molecule has 2 saturated heterocycles. The molecular formula is C43H52N8O7. The number of ether oxygens (including phenoxy) is 3. The van der Waals surface area contributed by atoms with E-state index in [1.54, 1.807) is 6.92 Å². The van der Waals surface area contributed by atoms with E-state index in [1.807, 2.05) is 29.1 Å². The molecule has 8 rings (SSSR count). The molecule has 4 fully saturated rings. The fraction of sp³-hybridized carbons (Fsp3) is 0.488. The summed E-state index contributed by atoms with van der Waals surface area (Å²) in [5.41, 5.74) is 5.82. The number of hydrogen-bond donors (Lipinski definition) is 4. The van der Waals surface area contributed by atoms with E-state index in [0.717, 1.165) is 83.8 Å². The highest BCUT2D eigenvalue weighted by molar-refractivity contribution is 5.88. The highest BCUT2D eigenvalue weighted by atomic mass is 16.5. The van der Waals surface area contributed by atoms with Gasteiger partial charge in [-0.1, -0.05) is 55.5 Å². The number of alkyl carbamates (subject to hydrolysis) is 2. The molecule has 2 aliphatic heterocycles. The SMILES string of the molecule is CC[C@H](NC(=O)OC)C(=O)N1[C@@H]2CC[C@@H](C2)[C@H]1c1ncc(-c2ccc(-c3ccc(-c4cnc([C@@H]5[C@H]6CC[C@H](C6)N5C(=O)[C@@H](NC(=O)OC)[C@@H](C)OC)[nH]4)cc3)cc2)[nH]1. The normalized spacial score (nSPS) is 24.7. The van der Waals surface area contributed by atoms with Crippen molar-refractivity contribution in [3.8, 4) is 33.6 Å². The fourth-order valence-corrected chi connectivity index (χ4v) is 9.85. The number of carbonyl (C=O) groups excluding carboxylic acids is 4. The lowest BCUT2D eigenvalue weighted by Crippen LogP contribution is -2.56. The molecule has 2 saturated carbocycles. The summed E-state index contributed by atoms with van der Waals surface area (Å²) >= 11 is 0. The highest BCUT2D eigenvalue weighted by Crippen LogP contribution is 2.51. The first kappa shape index (κ1) is 39.1. The number of carbonyl (C=O) groups is 4. The zero-order valence-electron chi connectivity index (χ0n) is 33.6. The zero-order chi connectivity index (χ0) is 40.7. The Morgan fingerprint density at radius 3 is 1.59 bits per heavy atom. The van der Waals surface area contributed by atoms with Gasteiger partial charge in [-0.3, -0.25) is 9.59 Å². The van der Waals surface area contributed by atoms with Crippen LogP contribution < -0.4 is 10.6 Å². The van der Waals surface area contributed by atoms with Crippen molar-refractivity contribution in [2.24, 2.45) is 11.8 Å². The number of likely N-dealkylation sites (tertiary alicyclic amines) is 2. The maximum Gasteiger partial charge on any atom is 0.407 e. The second-order valence-electron chi connectivity index (χ2n) is 16.0. The summed E-state index contributed by atoms with van der Waals surface area (Å²) in [6.45, 7) is 3.64. The van der Waals surface area contributed by atoms with Crippen LogP contribution in [0.3, 0.4) is 0 Å². The van der Waals surface area contributed by atoms with Gasteiger partial charge in [0.1, 0.15) is 23.7 Å². The minimum absolute atomic E-state index is 0.0725. The topological polar surface area (TPSA) is 184 Å². The van der Waals surface area contributed by atoms with Crippen molar-refractivity contribution in [1.82, 2.24) is 40.4 Å². The first-order valence-electron chi connectivity index (χ1n) is 20.3. The van der Waals surface area contributed by atoms with E-state index in [1.165, 1.54) is 21.3 Å². The summed E-state index contributed by atoms with van der Waals surface area (Å²) < 4.78 is 15.1. The molecule has 2 aliphatic carbocycles. The largest absolute Gasteiger partial charge is 0.453 e. The van der Waals surface area contributed by atoms with E-state index in [-0.39, 0.29) is 41.9 Å². The predicted octanol–water partition coefficient (Wildman–Crippen LogP) is 6.13. The number of imidazole rings is 2. The number of piperidine rings is 2. The minimum atomic E-state index is -0.889. The van der Waals surface area contributed by atoms with Gasteiger partial charge in [0.05, 0.1) is 56.2 Å². The predicted molar refractivity (Wildman–Crippen MR) is 214 cm³/mol. The molecule has 0 spiro atoms. The third-order valence-corrected chi connectivity index (χ3v) is 12.9. The molecule has 2 aromatic carbocycles. The van der Waals surface area contributed by atoms with Gasteiger partial charge in [-0.2, -0.15) is 0 Å². The third-order valence-electron chi connectivity index (χ3n) is 12.9. The Kier molecular flexibility index (Phi) is 11.0. The second kappa shape index (κ2) is 16.3. The van der Waals surface area contributed by atoms with Gasteiger partial charge in [0, 0.05) is 19.2 Å². The molecule has 4 aliphatic rings. The lowest BCUT2D eigenvalue weighted by Gasteiger charge is -2.37. The van der Waals surface area contributed by atoms with Gasteiger partial charge in [-0.25, -0.2) is 19.6 Å². The number of nitrogens with zero attached hydrogens (tertiary/aromatic N) is 4. The van der Waals surface area contributed by atoms with Crippen LogP contribution in [-0.2, 0) is 23.8 Å². The molecule has 4 heterocycles. The second-order valence-corrected chi connectivity index (χ2v) is 16.0. The van der Waals surface area contributed by atoms with Crippen molar-refractivity contribution in [3.63, 3.8) is 0 Å².